The lowest BCUT2D eigenvalue weighted by molar-refractivity contribution is -0.129. The molecule has 3 heterocycles. The number of nitrogens with zero attached hydrogens (tertiary/aromatic N) is 2. The molecule has 0 saturated heterocycles. The highest BCUT2D eigenvalue weighted by Gasteiger charge is 2.48. The Morgan fingerprint density at radius 3 is 2.74 bits per heavy atom. The van der Waals surface area contributed by atoms with E-state index in [2.05, 4.69) is 10.2 Å². The van der Waals surface area contributed by atoms with E-state index in [1.165, 1.54) is 0 Å². The summed E-state index contributed by atoms with van der Waals surface area (Å²) in [5, 5.41) is 7.02. The highest BCUT2D eigenvalue weighted by molar-refractivity contribution is 6.19. The minimum atomic E-state index is -0.488. The fourth-order valence-corrected chi connectivity index (χ4v) is 5.21. The Balaban J connectivity index is 1.46. The number of methoxy groups -OCH3 is 2. The van der Waals surface area contributed by atoms with Crippen molar-refractivity contribution in [2.75, 3.05) is 27.6 Å². The second-order valence-electron chi connectivity index (χ2n) is 8.51. The number of rotatable bonds is 6. The van der Waals surface area contributed by atoms with E-state index in [1.54, 1.807) is 37.5 Å². The van der Waals surface area contributed by atoms with Crippen LogP contribution in [0.4, 0.5) is 0 Å². The Hall–Kier alpha value is -4.01. The molecule has 0 bridgehead atoms. The van der Waals surface area contributed by atoms with Crippen molar-refractivity contribution in [3.05, 3.63) is 75.5 Å². The summed E-state index contributed by atoms with van der Waals surface area (Å²) < 4.78 is 22.1. The van der Waals surface area contributed by atoms with Gasteiger partial charge in [0, 0.05) is 35.9 Å². The molecule has 174 valence electrons. The first-order valence-electron chi connectivity index (χ1n) is 11.1. The van der Waals surface area contributed by atoms with Crippen LogP contribution in [-0.2, 0) is 20.7 Å². The topological polar surface area (TPSA) is 103 Å². The molecule has 9 heteroatoms. The highest BCUT2D eigenvalue weighted by atomic mass is 16.7. The Morgan fingerprint density at radius 1 is 1.18 bits per heavy atom. The molecular weight excluding hydrogens is 438 g/mol. The summed E-state index contributed by atoms with van der Waals surface area (Å²) in [4.78, 5) is 29.3. The van der Waals surface area contributed by atoms with E-state index in [-0.39, 0.29) is 18.5 Å². The number of allylic oxidation sites excluding steroid dienone is 2. The number of ether oxygens (including phenoxy) is 4. The van der Waals surface area contributed by atoms with Crippen molar-refractivity contribution in [2.24, 2.45) is 0 Å². The summed E-state index contributed by atoms with van der Waals surface area (Å²) >= 11 is 0. The number of aromatic nitrogens is 2. The van der Waals surface area contributed by atoms with E-state index >= 15 is 0 Å². The Morgan fingerprint density at radius 2 is 2.00 bits per heavy atom. The molecule has 0 spiro atoms. The van der Waals surface area contributed by atoms with Crippen LogP contribution in [0.15, 0.2) is 58.7 Å². The van der Waals surface area contributed by atoms with E-state index in [0.29, 0.717) is 71.1 Å². The maximum Gasteiger partial charge on any atom is 0.255 e. The highest BCUT2D eigenvalue weighted by Crippen LogP contribution is 2.52. The van der Waals surface area contributed by atoms with Crippen LogP contribution in [0, 0.1) is 0 Å². The van der Waals surface area contributed by atoms with Crippen LogP contribution in [0.1, 0.15) is 40.5 Å². The van der Waals surface area contributed by atoms with E-state index in [1.807, 2.05) is 12.1 Å². The van der Waals surface area contributed by atoms with E-state index < -0.39 is 6.04 Å². The standard InChI is InChI=1S/C25H23N3O6/c1-31-18-8-14-17(11-19(18)32-2)25(30)28(7-3-4-13-5-6-26-27-13)23-15-9-20-21(34-12-33-20)10-16(15)24(29)22(14)23/h5-6,9-11,23H,3-4,7-8,12H2,1-2H3,(H,26,27). The number of fused-ring (bicyclic) bond motifs is 5. The van der Waals surface area contributed by atoms with Gasteiger partial charge in [0.05, 0.1) is 26.0 Å². The molecule has 6 rings (SSSR count). The second kappa shape index (κ2) is 7.79. The number of carbonyl (C=O) groups is 2. The maximum atomic E-state index is 13.8. The average molecular weight is 461 g/mol. The largest absolute Gasteiger partial charge is 0.497 e. The fourth-order valence-electron chi connectivity index (χ4n) is 5.21. The van der Waals surface area contributed by atoms with Gasteiger partial charge in [-0.2, -0.15) is 5.10 Å². The molecule has 0 fully saturated rings. The molecule has 9 nitrogen and oxygen atoms in total. The number of benzene rings is 1. The molecule has 2 aliphatic carbocycles. The first kappa shape index (κ1) is 20.6. The van der Waals surface area contributed by atoms with Gasteiger partial charge in [-0.3, -0.25) is 14.7 Å². The number of hydrogen-bond acceptors (Lipinski definition) is 7. The molecule has 4 aliphatic rings. The quantitative estimate of drug-likeness (QED) is 0.705. The van der Waals surface area contributed by atoms with Gasteiger partial charge in [-0.15, -0.1) is 0 Å². The zero-order valence-corrected chi connectivity index (χ0v) is 18.8. The number of H-pyrrole nitrogens is 1. The molecule has 2 aromatic rings. The van der Waals surface area contributed by atoms with Gasteiger partial charge in [-0.05, 0) is 48.3 Å². The second-order valence-corrected chi connectivity index (χ2v) is 8.51. The van der Waals surface area contributed by atoms with Crippen LogP contribution in [-0.4, -0.2) is 54.3 Å². The van der Waals surface area contributed by atoms with Crippen LogP contribution in [0.5, 0.6) is 11.5 Å². The number of hydrogen-bond donors (Lipinski definition) is 1. The number of aryl methyl sites for hydroxylation is 1. The van der Waals surface area contributed by atoms with Gasteiger partial charge in [-0.25, -0.2) is 0 Å². The monoisotopic (exact) mass is 461 g/mol. The third kappa shape index (κ3) is 2.96. The van der Waals surface area contributed by atoms with E-state index in [0.717, 1.165) is 11.3 Å². The average Bonchev–Trinajstić information content (AvgIpc) is 3.59. The van der Waals surface area contributed by atoms with Crippen molar-refractivity contribution in [1.29, 1.82) is 0 Å². The molecule has 0 radical (unpaired) electrons. The van der Waals surface area contributed by atoms with Gasteiger partial charge < -0.3 is 23.8 Å². The van der Waals surface area contributed by atoms with Crippen molar-refractivity contribution >= 4 is 11.7 Å². The lowest BCUT2D eigenvalue weighted by Gasteiger charge is -2.38. The van der Waals surface area contributed by atoms with Crippen LogP contribution < -0.4 is 9.47 Å². The summed E-state index contributed by atoms with van der Waals surface area (Å²) in [6.07, 6.45) is 5.20. The first-order chi connectivity index (χ1) is 16.6. The number of carbonyl (C=O) groups excluding carboxylic acids is 2. The Labute approximate surface area is 195 Å². The predicted octanol–water partition coefficient (Wildman–Crippen LogP) is 2.98. The lowest BCUT2D eigenvalue weighted by Crippen LogP contribution is -2.42. The van der Waals surface area contributed by atoms with Gasteiger partial charge in [0.2, 0.25) is 6.79 Å². The van der Waals surface area contributed by atoms with Gasteiger partial charge >= 0.3 is 0 Å². The number of nitrogens with one attached hydrogen (secondary N) is 1. The van der Waals surface area contributed by atoms with Crippen LogP contribution in [0.25, 0.3) is 0 Å². The van der Waals surface area contributed by atoms with Crippen molar-refractivity contribution in [2.45, 2.75) is 25.3 Å². The van der Waals surface area contributed by atoms with Crippen LogP contribution in [0.3, 0.4) is 0 Å². The van der Waals surface area contributed by atoms with Gasteiger partial charge in [0.25, 0.3) is 5.91 Å². The van der Waals surface area contributed by atoms with Crippen molar-refractivity contribution < 1.29 is 28.5 Å². The first-order valence-corrected chi connectivity index (χ1v) is 11.1. The van der Waals surface area contributed by atoms with Crippen molar-refractivity contribution in [3.8, 4) is 11.5 Å². The lowest BCUT2D eigenvalue weighted by atomic mass is 9.83. The molecule has 1 amide bonds. The predicted molar refractivity (Wildman–Crippen MR) is 119 cm³/mol. The van der Waals surface area contributed by atoms with E-state index in [9.17, 15) is 9.59 Å². The normalized spacial score (nSPS) is 20.4. The van der Waals surface area contributed by atoms with E-state index in [4.69, 9.17) is 18.9 Å². The molecule has 0 saturated carbocycles. The maximum absolute atomic E-state index is 13.8. The Bertz CT molecular complexity index is 1300. The summed E-state index contributed by atoms with van der Waals surface area (Å²) in [7, 11) is 3.10. The molecular formula is C25H23N3O6. The number of Topliss-reactive ketones (excluding diaryl/α,β-unsaturated/α-hetero) is 1. The van der Waals surface area contributed by atoms with Crippen LogP contribution in [0.2, 0.25) is 0 Å². The Kier molecular flexibility index (Phi) is 4.72. The van der Waals surface area contributed by atoms with Gasteiger partial charge in [0.15, 0.2) is 23.0 Å². The number of aromatic amines is 1. The summed E-state index contributed by atoms with van der Waals surface area (Å²) in [5.74, 6) is 1.99. The molecule has 1 aromatic carbocycles. The molecule has 1 aromatic heterocycles. The minimum absolute atomic E-state index is 0.0969. The molecule has 1 unspecified atom stereocenters. The third-order valence-corrected chi connectivity index (χ3v) is 6.80. The van der Waals surface area contributed by atoms with Gasteiger partial charge in [-0.1, -0.05) is 0 Å². The molecule has 2 aliphatic heterocycles. The molecule has 1 atom stereocenters. The van der Waals surface area contributed by atoms with Crippen molar-refractivity contribution in [3.63, 3.8) is 0 Å². The van der Waals surface area contributed by atoms with Crippen LogP contribution >= 0.6 is 0 Å². The third-order valence-electron chi connectivity index (χ3n) is 6.80. The van der Waals surface area contributed by atoms with Gasteiger partial charge in [0.1, 0.15) is 5.76 Å². The fraction of sp³-hybridized carbons (Fsp3) is 0.320. The zero-order valence-electron chi connectivity index (χ0n) is 18.8. The van der Waals surface area contributed by atoms with Crippen molar-refractivity contribution in [1.82, 2.24) is 15.1 Å². The number of amides is 1. The smallest absolute Gasteiger partial charge is 0.255 e. The summed E-state index contributed by atoms with van der Waals surface area (Å²) in [6, 6.07) is 5.01. The zero-order chi connectivity index (χ0) is 23.4. The SMILES string of the molecule is COC1=C(OC)CC2=C3C(=O)c4cc5c(cc4C3N(CCCc3cc[nH]n3)C(=O)C2=C1)OCO5. The summed E-state index contributed by atoms with van der Waals surface area (Å²) in [5.41, 5.74) is 4.02. The molecule has 1 N–H and O–H groups in total. The minimum Gasteiger partial charge on any atom is -0.497 e. The molecule has 34 heavy (non-hydrogen) atoms. The number of ketones is 1. The summed E-state index contributed by atoms with van der Waals surface area (Å²) in [6.45, 7) is 0.584.